The molecule has 0 aromatic carbocycles. The van der Waals surface area contributed by atoms with Gasteiger partial charge < -0.3 is 10.2 Å². The lowest BCUT2D eigenvalue weighted by atomic mass is 9.99. The minimum atomic E-state index is -0.543. The quantitative estimate of drug-likeness (QED) is 0.655. The van der Waals surface area contributed by atoms with Crippen molar-refractivity contribution in [2.24, 2.45) is 0 Å². The smallest absolute Gasteiger partial charge is 0.0774 e. The van der Waals surface area contributed by atoms with Crippen molar-refractivity contribution >= 4 is 0 Å². The van der Waals surface area contributed by atoms with Crippen LogP contribution >= 0.6 is 0 Å². The third-order valence-corrected chi connectivity index (χ3v) is 3.80. The molecule has 1 heterocycles. The van der Waals surface area contributed by atoms with Crippen LogP contribution in [0.25, 0.3) is 0 Å². The molecule has 1 saturated heterocycles. The molecule has 82 valence electrons. The second-order valence-corrected chi connectivity index (χ2v) is 5.48. The van der Waals surface area contributed by atoms with E-state index in [-0.39, 0.29) is 6.04 Å². The van der Waals surface area contributed by atoms with Gasteiger partial charge in [-0.05, 0) is 39.5 Å². The first-order valence-electron chi connectivity index (χ1n) is 5.60. The summed E-state index contributed by atoms with van der Waals surface area (Å²) in [5.41, 5.74) is -1.08. The summed E-state index contributed by atoms with van der Waals surface area (Å²) in [6.45, 7) is 5.45. The van der Waals surface area contributed by atoms with Crippen LogP contribution in [0.4, 0.5) is 0 Å². The molecule has 0 aromatic heterocycles. The highest BCUT2D eigenvalue weighted by atomic mass is 16.3. The first-order valence-corrected chi connectivity index (χ1v) is 5.60. The molecule has 1 aliphatic carbocycles. The summed E-state index contributed by atoms with van der Waals surface area (Å²) < 4.78 is 0. The second-order valence-electron chi connectivity index (χ2n) is 5.48. The zero-order valence-electron chi connectivity index (χ0n) is 9.16. The van der Waals surface area contributed by atoms with Gasteiger partial charge in [0.1, 0.15) is 0 Å². The molecule has 0 bridgehead atoms. The predicted molar refractivity (Wildman–Crippen MR) is 55.1 cm³/mol. The summed E-state index contributed by atoms with van der Waals surface area (Å²) in [6, 6.07) is 0.261. The number of likely N-dealkylation sites (tertiary alicyclic amines) is 1. The van der Waals surface area contributed by atoms with E-state index in [0.29, 0.717) is 6.54 Å². The van der Waals surface area contributed by atoms with Crippen LogP contribution in [0.15, 0.2) is 0 Å². The van der Waals surface area contributed by atoms with Crippen molar-refractivity contribution in [3.63, 3.8) is 0 Å². The number of aliphatic hydroxyl groups is 2. The van der Waals surface area contributed by atoms with E-state index in [2.05, 4.69) is 4.90 Å². The average molecular weight is 199 g/mol. The van der Waals surface area contributed by atoms with Crippen LogP contribution in [0.5, 0.6) is 0 Å². The van der Waals surface area contributed by atoms with E-state index in [4.69, 9.17) is 0 Å². The Hall–Kier alpha value is -0.120. The van der Waals surface area contributed by atoms with Crippen LogP contribution in [0, 0.1) is 0 Å². The number of hydrogen-bond acceptors (Lipinski definition) is 3. The molecule has 0 radical (unpaired) electrons. The third kappa shape index (κ3) is 1.81. The first-order chi connectivity index (χ1) is 6.41. The molecule has 3 heteroatoms. The van der Waals surface area contributed by atoms with E-state index < -0.39 is 11.2 Å². The molecule has 1 saturated carbocycles. The van der Waals surface area contributed by atoms with Gasteiger partial charge in [-0.1, -0.05) is 0 Å². The van der Waals surface area contributed by atoms with Crippen LogP contribution in [0.2, 0.25) is 0 Å². The molecule has 3 nitrogen and oxygen atoms in total. The summed E-state index contributed by atoms with van der Waals surface area (Å²) in [6.07, 6.45) is 3.91. The molecule has 3 unspecified atom stereocenters. The van der Waals surface area contributed by atoms with Gasteiger partial charge in [-0.3, -0.25) is 4.90 Å². The average Bonchev–Trinajstić information content (AvgIpc) is 2.53. The zero-order valence-corrected chi connectivity index (χ0v) is 9.16. The van der Waals surface area contributed by atoms with Gasteiger partial charge in [-0.25, -0.2) is 0 Å². The Morgan fingerprint density at radius 2 is 1.93 bits per heavy atom. The molecule has 3 atom stereocenters. The Morgan fingerprint density at radius 1 is 1.21 bits per heavy atom. The molecular weight excluding hydrogens is 178 g/mol. The second kappa shape index (κ2) is 3.19. The fourth-order valence-corrected chi connectivity index (χ4v) is 2.95. The maximum Gasteiger partial charge on any atom is 0.0774 e. The first kappa shape index (κ1) is 10.4. The molecule has 2 rings (SSSR count). The topological polar surface area (TPSA) is 43.7 Å². The van der Waals surface area contributed by atoms with E-state index in [1.165, 1.54) is 0 Å². The molecule has 0 amide bonds. The molecule has 2 N–H and O–H groups in total. The molecule has 2 aliphatic rings. The van der Waals surface area contributed by atoms with Crippen molar-refractivity contribution < 1.29 is 10.2 Å². The van der Waals surface area contributed by atoms with Crippen molar-refractivity contribution in [2.75, 3.05) is 13.1 Å². The minimum Gasteiger partial charge on any atom is -0.389 e. The summed E-state index contributed by atoms with van der Waals surface area (Å²) >= 11 is 0. The minimum absolute atomic E-state index is 0.261. The zero-order chi connectivity index (χ0) is 10.4. The summed E-state index contributed by atoms with van der Waals surface area (Å²) in [5, 5.41) is 20.0. The van der Waals surface area contributed by atoms with E-state index in [9.17, 15) is 10.2 Å². The molecule has 0 spiro atoms. The van der Waals surface area contributed by atoms with Gasteiger partial charge in [0.2, 0.25) is 0 Å². The van der Waals surface area contributed by atoms with Crippen LogP contribution in [-0.4, -0.2) is 45.4 Å². The van der Waals surface area contributed by atoms with Crippen LogP contribution in [0.1, 0.15) is 39.5 Å². The van der Waals surface area contributed by atoms with Gasteiger partial charge in [0, 0.05) is 19.1 Å². The van der Waals surface area contributed by atoms with E-state index in [1.807, 2.05) is 13.8 Å². The lowest BCUT2D eigenvalue weighted by Gasteiger charge is -2.34. The highest BCUT2D eigenvalue weighted by Gasteiger charge is 2.44. The lowest BCUT2D eigenvalue weighted by molar-refractivity contribution is -0.0160. The van der Waals surface area contributed by atoms with Crippen molar-refractivity contribution in [1.29, 1.82) is 0 Å². The lowest BCUT2D eigenvalue weighted by Crippen LogP contribution is -2.47. The normalized spacial score (nSPS) is 50.1. The molecule has 2 fully saturated rings. The number of β-amino-alcohol motifs (C(OH)–C–C–N with tert-alkyl or cyclic N) is 1. The Bertz CT molecular complexity index is 225. The highest BCUT2D eigenvalue weighted by molar-refractivity contribution is 4.99. The van der Waals surface area contributed by atoms with Crippen molar-refractivity contribution in [3.8, 4) is 0 Å². The van der Waals surface area contributed by atoms with Gasteiger partial charge >= 0.3 is 0 Å². The number of hydrogen-bond donors (Lipinski definition) is 2. The Kier molecular flexibility index (Phi) is 2.37. The Balaban J connectivity index is 2.03. The van der Waals surface area contributed by atoms with Crippen molar-refractivity contribution in [3.05, 3.63) is 0 Å². The van der Waals surface area contributed by atoms with E-state index in [1.54, 1.807) is 0 Å². The van der Waals surface area contributed by atoms with Gasteiger partial charge in [0.25, 0.3) is 0 Å². The Labute approximate surface area is 85.7 Å². The van der Waals surface area contributed by atoms with Gasteiger partial charge in [0.05, 0.1) is 11.2 Å². The summed E-state index contributed by atoms with van der Waals surface area (Å²) in [5.74, 6) is 0. The van der Waals surface area contributed by atoms with Crippen LogP contribution in [0.3, 0.4) is 0 Å². The number of rotatable bonds is 1. The fraction of sp³-hybridized carbons (Fsp3) is 1.00. The van der Waals surface area contributed by atoms with E-state index in [0.717, 1.165) is 32.2 Å². The Morgan fingerprint density at radius 3 is 2.36 bits per heavy atom. The standard InChI is InChI=1S/C11H21NO2/c1-10(13)6-7-12(8-10)9-4-3-5-11(9,2)14/h9,13-14H,3-8H2,1-2H3. The molecular formula is C11H21NO2. The predicted octanol–water partition coefficient (Wildman–Crippen LogP) is 0.747. The van der Waals surface area contributed by atoms with Crippen molar-refractivity contribution in [2.45, 2.75) is 56.8 Å². The van der Waals surface area contributed by atoms with Gasteiger partial charge in [-0.15, -0.1) is 0 Å². The van der Waals surface area contributed by atoms with Gasteiger partial charge in [-0.2, -0.15) is 0 Å². The summed E-state index contributed by atoms with van der Waals surface area (Å²) in [4.78, 5) is 2.26. The van der Waals surface area contributed by atoms with Crippen LogP contribution in [-0.2, 0) is 0 Å². The highest BCUT2D eigenvalue weighted by Crippen LogP contribution is 2.36. The van der Waals surface area contributed by atoms with E-state index >= 15 is 0 Å². The summed E-state index contributed by atoms with van der Waals surface area (Å²) in [7, 11) is 0. The maximum absolute atomic E-state index is 10.2. The largest absolute Gasteiger partial charge is 0.389 e. The molecule has 14 heavy (non-hydrogen) atoms. The fourth-order valence-electron chi connectivity index (χ4n) is 2.95. The SMILES string of the molecule is CC1(O)CCN(C2CCCC2(C)O)C1. The van der Waals surface area contributed by atoms with Crippen LogP contribution < -0.4 is 0 Å². The number of nitrogens with zero attached hydrogens (tertiary/aromatic N) is 1. The molecule has 0 aromatic rings. The third-order valence-electron chi connectivity index (χ3n) is 3.80. The van der Waals surface area contributed by atoms with Crippen molar-refractivity contribution in [1.82, 2.24) is 4.90 Å². The van der Waals surface area contributed by atoms with Gasteiger partial charge in [0.15, 0.2) is 0 Å². The monoisotopic (exact) mass is 199 g/mol. The maximum atomic E-state index is 10.2. The molecule has 1 aliphatic heterocycles.